The summed E-state index contributed by atoms with van der Waals surface area (Å²) in [5.41, 5.74) is 0.126. The summed E-state index contributed by atoms with van der Waals surface area (Å²) >= 11 is 0. The third kappa shape index (κ3) is 3.65. The molecule has 1 N–H and O–H groups in total. The zero-order valence-electron chi connectivity index (χ0n) is 9.45. The molecule has 0 fully saturated rings. The van der Waals surface area contributed by atoms with Crippen LogP contribution in [0.3, 0.4) is 0 Å². The van der Waals surface area contributed by atoms with Crippen molar-refractivity contribution in [3.05, 3.63) is 29.8 Å². The van der Waals surface area contributed by atoms with Gasteiger partial charge in [0.15, 0.2) is 6.17 Å². The second-order valence-corrected chi connectivity index (χ2v) is 3.69. The van der Waals surface area contributed by atoms with Crippen molar-refractivity contribution in [3.63, 3.8) is 0 Å². The van der Waals surface area contributed by atoms with E-state index in [-0.39, 0.29) is 11.3 Å². The van der Waals surface area contributed by atoms with E-state index in [1.165, 1.54) is 43.3 Å². The molecule has 3 nitrogen and oxygen atoms in total. The van der Waals surface area contributed by atoms with Gasteiger partial charge in [-0.3, -0.25) is 0 Å². The predicted octanol–water partition coefficient (Wildman–Crippen LogP) is 3.06. The summed E-state index contributed by atoms with van der Waals surface area (Å²) in [5.74, 6) is 0. The van der Waals surface area contributed by atoms with Crippen LogP contribution >= 0.6 is 0 Å². The lowest BCUT2D eigenvalue weighted by atomic mass is 10.1. The average molecular weight is 246 g/mol. The Bertz CT molecular complexity index is 396. The van der Waals surface area contributed by atoms with Gasteiger partial charge in [0.05, 0.1) is 0 Å². The molecule has 94 valence electrons. The highest BCUT2D eigenvalue weighted by atomic mass is 19.3. The molecule has 1 aromatic carbocycles. The maximum Gasteiger partial charge on any atom is 0.321 e. The van der Waals surface area contributed by atoms with Gasteiger partial charge in [-0.1, -0.05) is 12.1 Å². The Morgan fingerprint density at radius 3 is 2.47 bits per heavy atom. The topological polar surface area (TPSA) is 32.3 Å². The van der Waals surface area contributed by atoms with Gasteiger partial charge in [0.1, 0.15) is 0 Å². The van der Waals surface area contributed by atoms with Crippen molar-refractivity contribution in [1.82, 2.24) is 4.90 Å². The minimum atomic E-state index is -3.07. The Hall–Kier alpha value is -1.72. The standard InChI is InChI=1S/C11H13F3N2O/c1-16(2)11(17)15-8-5-3-4-7(6-8)9(12)10(13)14/h3-6,9-10H,1-2H3,(H,15,17). The molecule has 0 saturated heterocycles. The number of rotatable bonds is 3. The van der Waals surface area contributed by atoms with Crippen molar-refractivity contribution in [1.29, 1.82) is 0 Å². The average Bonchev–Trinajstić information content (AvgIpc) is 2.28. The molecule has 0 aromatic heterocycles. The third-order valence-electron chi connectivity index (χ3n) is 2.08. The number of carbonyl (C=O) groups excluding carboxylic acids is 1. The first-order valence-electron chi connectivity index (χ1n) is 4.92. The number of benzene rings is 1. The van der Waals surface area contributed by atoms with E-state index >= 15 is 0 Å². The van der Waals surface area contributed by atoms with Crippen LogP contribution in [0.1, 0.15) is 11.7 Å². The highest BCUT2D eigenvalue weighted by molar-refractivity contribution is 5.88. The van der Waals surface area contributed by atoms with E-state index in [4.69, 9.17) is 0 Å². The number of halogens is 3. The van der Waals surface area contributed by atoms with Gasteiger partial charge in [0.25, 0.3) is 6.43 Å². The molecule has 0 aliphatic heterocycles. The molecule has 0 saturated carbocycles. The number of anilines is 1. The van der Waals surface area contributed by atoms with Gasteiger partial charge in [-0.15, -0.1) is 0 Å². The smallest absolute Gasteiger partial charge is 0.321 e. The van der Waals surface area contributed by atoms with Crippen LogP contribution in [0.25, 0.3) is 0 Å². The van der Waals surface area contributed by atoms with Crippen LogP contribution in [0.5, 0.6) is 0 Å². The molecule has 0 radical (unpaired) electrons. The Kier molecular flexibility index (Phi) is 4.37. The number of alkyl halides is 3. The molecule has 0 heterocycles. The van der Waals surface area contributed by atoms with E-state index in [1.54, 1.807) is 0 Å². The van der Waals surface area contributed by atoms with Crippen LogP contribution < -0.4 is 5.32 Å². The van der Waals surface area contributed by atoms with E-state index in [9.17, 15) is 18.0 Å². The summed E-state index contributed by atoms with van der Waals surface area (Å²) in [5, 5.41) is 2.45. The fraction of sp³-hybridized carbons (Fsp3) is 0.364. The highest BCUT2D eigenvalue weighted by Crippen LogP contribution is 2.26. The van der Waals surface area contributed by atoms with Crippen molar-refractivity contribution in [2.45, 2.75) is 12.6 Å². The Morgan fingerprint density at radius 1 is 1.29 bits per heavy atom. The lowest BCUT2D eigenvalue weighted by Gasteiger charge is -2.13. The molecule has 6 heteroatoms. The van der Waals surface area contributed by atoms with Gasteiger partial charge in [-0.2, -0.15) is 0 Å². The second-order valence-electron chi connectivity index (χ2n) is 3.69. The molecule has 1 rings (SSSR count). The molecule has 1 aromatic rings. The Labute approximate surface area is 97.2 Å². The largest absolute Gasteiger partial charge is 0.331 e. The fourth-order valence-electron chi connectivity index (χ4n) is 1.17. The lowest BCUT2D eigenvalue weighted by Crippen LogP contribution is -2.27. The van der Waals surface area contributed by atoms with Crippen molar-refractivity contribution in [2.24, 2.45) is 0 Å². The van der Waals surface area contributed by atoms with E-state index in [1.807, 2.05) is 0 Å². The highest BCUT2D eigenvalue weighted by Gasteiger charge is 2.21. The number of urea groups is 1. The summed E-state index contributed by atoms with van der Waals surface area (Å²) in [6.07, 6.45) is -5.42. The predicted molar refractivity (Wildman–Crippen MR) is 59.0 cm³/mol. The first-order valence-corrected chi connectivity index (χ1v) is 4.92. The van der Waals surface area contributed by atoms with Crippen LogP contribution in [0.2, 0.25) is 0 Å². The van der Waals surface area contributed by atoms with E-state index in [0.717, 1.165) is 0 Å². The van der Waals surface area contributed by atoms with E-state index in [0.29, 0.717) is 0 Å². The molecule has 1 atom stereocenters. The van der Waals surface area contributed by atoms with E-state index in [2.05, 4.69) is 5.32 Å². The van der Waals surface area contributed by atoms with Gasteiger partial charge < -0.3 is 10.2 Å². The van der Waals surface area contributed by atoms with Crippen LogP contribution in [0.15, 0.2) is 24.3 Å². The number of hydrogen-bond acceptors (Lipinski definition) is 1. The number of nitrogens with one attached hydrogen (secondary N) is 1. The number of hydrogen-bond donors (Lipinski definition) is 1. The van der Waals surface area contributed by atoms with Gasteiger partial charge in [-0.25, -0.2) is 18.0 Å². The SMILES string of the molecule is CN(C)C(=O)Nc1cccc(C(F)C(F)F)c1. The molecule has 1 unspecified atom stereocenters. The molecular formula is C11H13F3N2O. The Balaban J connectivity index is 2.83. The zero-order chi connectivity index (χ0) is 13.0. The number of nitrogens with zero attached hydrogens (tertiary/aromatic N) is 1. The first-order chi connectivity index (χ1) is 7.91. The quantitative estimate of drug-likeness (QED) is 0.873. The second kappa shape index (κ2) is 5.56. The van der Waals surface area contributed by atoms with Crippen molar-refractivity contribution in [2.75, 3.05) is 19.4 Å². The van der Waals surface area contributed by atoms with E-state index < -0.39 is 18.6 Å². The third-order valence-corrected chi connectivity index (χ3v) is 2.08. The van der Waals surface area contributed by atoms with Gasteiger partial charge in [0, 0.05) is 19.8 Å². The normalized spacial score (nSPS) is 12.4. The van der Waals surface area contributed by atoms with Crippen LogP contribution in [0, 0.1) is 0 Å². The zero-order valence-corrected chi connectivity index (χ0v) is 9.45. The molecule has 2 amide bonds. The maximum absolute atomic E-state index is 13.1. The lowest BCUT2D eigenvalue weighted by molar-refractivity contribution is 0.0496. The van der Waals surface area contributed by atoms with Crippen LogP contribution in [-0.2, 0) is 0 Å². The Morgan fingerprint density at radius 2 is 1.94 bits per heavy atom. The number of amides is 2. The molecule has 0 bridgehead atoms. The van der Waals surface area contributed by atoms with Crippen molar-refractivity contribution >= 4 is 11.7 Å². The van der Waals surface area contributed by atoms with Crippen LogP contribution in [0.4, 0.5) is 23.7 Å². The van der Waals surface area contributed by atoms with Crippen molar-refractivity contribution < 1.29 is 18.0 Å². The summed E-state index contributed by atoms with van der Waals surface area (Å²) in [6.45, 7) is 0. The molecule has 0 spiro atoms. The maximum atomic E-state index is 13.1. The van der Waals surface area contributed by atoms with Crippen molar-refractivity contribution in [3.8, 4) is 0 Å². The summed E-state index contributed by atoms with van der Waals surface area (Å²) in [6, 6.07) is 4.95. The minimum Gasteiger partial charge on any atom is -0.331 e. The summed E-state index contributed by atoms with van der Waals surface area (Å²) in [7, 11) is 3.08. The minimum absolute atomic E-state index is 0.156. The summed E-state index contributed by atoms with van der Waals surface area (Å²) in [4.78, 5) is 12.6. The van der Waals surface area contributed by atoms with Gasteiger partial charge in [-0.05, 0) is 17.7 Å². The van der Waals surface area contributed by atoms with Crippen LogP contribution in [-0.4, -0.2) is 31.5 Å². The molecule has 17 heavy (non-hydrogen) atoms. The summed E-state index contributed by atoms with van der Waals surface area (Å²) < 4.78 is 37.4. The number of carbonyl (C=O) groups is 1. The molecule has 0 aliphatic rings. The van der Waals surface area contributed by atoms with Gasteiger partial charge in [0.2, 0.25) is 0 Å². The molecule has 0 aliphatic carbocycles. The monoisotopic (exact) mass is 246 g/mol. The molecular weight excluding hydrogens is 233 g/mol. The fourth-order valence-corrected chi connectivity index (χ4v) is 1.17. The van der Waals surface area contributed by atoms with Gasteiger partial charge >= 0.3 is 6.03 Å². The first kappa shape index (κ1) is 13.3.